The molecule has 8 heteroatoms. The Bertz CT molecular complexity index is 1090. The summed E-state index contributed by atoms with van der Waals surface area (Å²) in [5.74, 6) is -0.245. The zero-order chi connectivity index (χ0) is 26.3. The maximum atomic E-state index is 13.0. The van der Waals surface area contributed by atoms with Crippen LogP contribution in [0.2, 0.25) is 0 Å². The van der Waals surface area contributed by atoms with Gasteiger partial charge in [0.2, 0.25) is 10.0 Å². The molecule has 1 aliphatic rings. The normalized spacial score (nSPS) is 15.2. The number of carboxylic acids is 1. The van der Waals surface area contributed by atoms with E-state index in [0.29, 0.717) is 25.3 Å². The molecule has 0 radical (unpaired) electrons. The summed E-state index contributed by atoms with van der Waals surface area (Å²) in [7, 11) is -2.24. The van der Waals surface area contributed by atoms with E-state index in [1.165, 1.54) is 22.5 Å². The second-order valence-electron chi connectivity index (χ2n) is 10.7. The number of rotatable bonds is 14. The lowest BCUT2D eigenvalue weighted by molar-refractivity contribution is -0.137. The molecule has 198 valence electrons. The lowest BCUT2D eigenvalue weighted by Gasteiger charge is -2.31. The summed E-state index contributed by atoms with van der Waals surface area (Å²) in [5.41, 5.74) is 3.65. The standard InChI is InChI=1S/C28H40N2O5S/c1-28(2,18-22-16-23-9-5-6-10-24(23)17-22)29-19-25(31)20-30(3)36(34,35)26-14-12-21(13-15-26)8-4-7-11-27(32)33/h5-6,9-10,12-15,22,25,29,31H,4,7-8,11,16-20H2,1-3H3,(H,32,33)/t25-/m1/s1. The molecule has 0 aliphatic heterocycles. The maximum Gasteiger partial charge on any atom is 0.303 e. The summed E-state index contributed by atoms with van der Waals surface area (Å²) in [5, 5.41) is 22.7. The second kappa shape index (κ2) is 12.3. The Hall–Kier alpha value is -2.26. The van der Waals surface area contributed by atoms with E-state index >= 15 is 0 Å². The van der Waals surface area contributed by atoms with Crippen molar-refractivity contribution in [2.75, 3.05) is 20.1 Å². The number of nitrogens with one attached hydrogen (secondary N) is 1. The van der Waals surface area contributed by atoms with Crippen LogP contribution in [0.4, 0.5) is 0 Å². The smallest absolute Gasteiger partial charge is 0.303 e. The van der Waals surface area contributed by atoms with Crippen molar-refractivity contribution in [1.82, 2.24) is 9.62 Å². The van der Waals surface area contributed by atoms with Gasteiger partial charge in [0.1, 0.15) is 0 Å². The van der Waals surface area contributed by atoms with E-state index in [2.05, 4.69) is 43.4 Å². The van der Waals surface area contributed by atoms with Crippen molar-refractivity contribution in [3.8, 4) is 0 Å². The zero-order valence-corrected chi connectivity index (χ0v) is 22.4. The van der Waals surface area contributed by atoms with Gasteiger partial charge in [-0.25, -0.2) is 8.42 Å². The van der Waals surface area contributed by atoms with E-state index in [4.69, 9.17) is 5.11 Å². The number of sulfonamides is 1. The molecule has 0 bridgehead atoms. The third-order valence-electron chi connectivity index (χ3n) is 6.96. The first-order chi connectivity index (χ1) is 17.0. The van der Waals surface area contributed by atoms with Crippen molar-refractivity contribution in [3.05, 3.63) is 65.2 Å². The van der Waals surface area contributed by atoms with Crippen LogP contribution < -0.4 is 5.32 Å². The molecule has 36 heavy (non-hydrogen) atoms. The fraction of sp³-hybridized carbons (Fsp3) is 0.536. The van der Waals surface area contributed by atoms with Crippen LogP contribution in [0.5, 0.6) is 0 Å². The Balaban J connectivity index is 1.45. The van der Waals surface area contributed by atoms with E-state index in [9.17, 15) is 18.3 Å². The lowest BCUT2D eigenvalue weighted by Crippen LogP contribution is -2.47. The fourth-order valence-corrected chi connectivity index (χ4v) is 6.26. The summed E-state index contributed by atoms with van der Waals surface area (Å²) in [6.45, 7) is 4.57. The van der Waals surface area contributed by atoms with Gasteiger partial charge in [0.15, 0.2) is 0 Å². The summed E-state index contributed by atoms with van der Waals surface area (Å²) in [6.07, 6.45) is 4.47. The number of carbonyl (C=O) groups is 1. The molecule has 7 nitrogen and oxygen atoms in total. The number of nitrogens with zero attached hydrogens (tertiary/aromatic N) is 1. The molecule has 2 aromatic carbocycles. The van der Waals surface area contributed by atoms with Crippen LogP contribution >= 0.6 is 0 Å². The Labute approximate surface area is 215 Å². The molecule has 3 rings (SSSR count). The zero-order valence-electron chi connectivity index (χ0n) is 21.6. The third kappa shape index (κ3) is 8.13. The topological polar surface area (TPSA) is 107 Å². The van der Waals surface area contributed by atoms with Crippen LogP contribution in [-0.2, 0) is 34.1 Å². The maximum absolute atomic E-state index is 13.0. The summed E-state index contributed by atoms with van der Waals surface area (Å²) in [6, 6.07) is 15.3. The minimum atomic E-state index is -3.72. The number of aliphatic hydroxyl groups excluding tert-OH is 1. The highest BCUT2D eigenvalue weighted by Crippen LogP contribution is 2.31. The van der Waals surface area contributed by atoms with Gasteiger partial charge in [0, 0.05) is 32.1 Å². The summed E-state index contributed by atoms with van der Waals surface area (Å²) >= 11 is 0. The van der Waals surface area contributed by atoms with Gasteiger partial charge in [-0.05, 0) is 87.1 Å². The molecule has 2 aromatic rings. The van der Waals surface area contributed by atoms with Gasteiger partial charge in [0.25, 0.3) is 0 Å². The molecular weight excluding hydrogens is 476 g/mol. The highest BCUT2D eigenvalue weighted by molar-refractivity contribution is 7.89. The number of fused-ring (bicyclic) bond motifs is 1. The van der Waals surface area contributed by atoms with Crippen LogP contribution in [0.25, 0.3) is 0 Å². The number of aliphatic carboxylic acids is 1. The van der Waals surface area contributed by atoms with Crippen LogP contribution in [0.1, 0.15) is 56.2 Å². The van der Waals surface area contributed by atoms with Gasteiger partial charge in [-0.1, -0.05) is 36.4 Å². The van der Waals surface area contributed by atoms with Gasteiger partial charge in [0.05, 0.1) is 11.0 Å². The molecular formula is C28H40N2O5S. The summed E-state index contributed by atoms with van der Waals surface area (Å²) < 4.78 is 27.2. The number of hydrogen-bond acceptors (Lipinski definition) is 5. The predicted molar refractivity (Wildman–Crippen MR) is 141 cm³/mol. The lowest BCUT2D eigenvalue weighted by atomic mass is 9.88. The van der Waals surface area contributed by atoms with Crippen LogP contribution in [-0.4, -0.2) is 60.7 Å². The largest absolute Gasteiger partial charge is 0.481 e. The van der Waals surface area contributed by atoms with E-state index in [0.717, 1.165) is 31.2 Å². The molecule has 1 aliphatic carbocycles. The number of likely N-dealkylation sites (N-methyl/N-ethyl adjacent to an activating group) is 1. The van der Waals surface area contributed by atoms with Gasteiger partial charge >= 0.3 is 5.97 Å². The number of unbranched alkanes of at least 4 members (excludes halogenated alkanes) is 1. The fourth-order valence-electron chi connectivity index (χ4n) is 5.06. The number of β-amino-alcohol motifs (C(OH)–C–C–N with tert-alkyl or cyclic N) is 1. The van der Waals surface area contributed by atoms with Crippen LogP contribution in [0.15, 0.2) is 53.4 Å². The second-order valence-corrected chi connectivity index (χ2v) is 12.7. The van der Waals surface area contributed by atoms with Gasteiger partial charge in [-0.2, -0.15) is 4.31 Å². The number of benzene rings is 2. The number of aryl methyl sites for hydroxylation is 1. The monoisotopic (exact) mass is 516 g/mol. The molecule has 1 atom stereocenters. The minimum Gasteiger partial charge on any atom is -0.481 e. The molecule has 0 fully saturated rings. The molecule has 3 N–H and O–H groups in total. The van der Waals surface area contributed by atoms with Crippen molar-refractivity contribution < 1.29 is 23.4 Å². The molecule has 0 saturated heterocycles. The Morgan fingerprint density at radius 1 is 1.08 bits per heavy atom. The van der Waals surface area contributed by atoms with Gasteiger partial charge in [-0.3, -0.25) is 4.79 Å². The van der Waals surface area contributed by atoms with E-state index in [-0.39, 0.29) is 23.4 Å². The Morgan fingerprint density at radius 3 is 2.28 bits per heavy atom. The Morgan fingerprint density at radius 2 is 1.69 bits per heavy atom. The van der Waals surface area contributed by atoms with Crippen molar-refractivity contribution in [3.63, 3.8) is 0 Å². The van der Waals surface area contributed by atoms with Gasteiger partial charge in [-0.15, -0.1) is 0 Å². The molecule has 0 unspecified atom stereocenters. The molecule has 0 saturated carbocycles. The van der Waals surface area contributed by atoms with E-state index < -0.39 is 22.1 Å². The average Bonchev–Trinajstić information content (AvgIpc) is 3.22. The van der Waals surface area contributed by atoms with Crippen molar-refractivity contribution in [2.45, 2.75) is 75.3 Å². The van der Waals surface area contributed by atoms with Crippen LogP contribution in [0, 0.1) is 5.92 Å². The first-order valence-corrected chi connectivity index (χ1v) is 14.2. The quantitative estimate of drug-likeness (QED) is 0.331. The van der Waals surface area contributed by atoms with Crippen molar-refractivity contribution >= 4 is 16.0 Å². The number of hydrogen-bond donors (Lipinski definition) is 3. The number of aliphatic hydroxyl groups is 1. The van der Waals surface area contributed by atoms with E-state index in [1.807, 2.05) is 0 Å². The highest BCUT2D eigenvalue weighted by Gasteiger charge is 2.29. The first-order valence-electron chi connectivity index (χ1n) is 12.7. The molecule has 0 amide bonds. The average molecular weight is 517 g/mol. The molecule has 0 spiro atoms. The predicted octanol–water partition coefficient (Wildman–Crippen LogP) is 3.64. The molecule has 0 aromatic heterocycles. The Kier molecular flexibility index (Phi) is 9.69. The highest BCUT2D eigenvalue weighted by atomic mass is 32.2. The third-order valence-corrected chi connectivity index (χ3v) is 8.79. The molecule has 0 heterocycles. The number of carboxylic acid groups (broad SMARTS) is 1. The summed E-state index contributed by atoms with van der Waals surface area (Å²) in [4.78, 5) is 10.8. The first kappa shape index (κ1) is 28.3. The SMILES string of the molecule is CN(C[C@H](O)CNC(C)(C)CC1Cc2ccccc2C1)S(=O)(=O)c1ccc(CCCCC(=O)O)cc1. The van der Waals surface area contributed by atoms with E-state index in [1.54, 1.807) is 24.3 Å². The minimum absolute atomic E-state index is 0.00275. The van der Waals surface area contributed by atoms with Crippen LogP contribution in [0.3, 0.4) is 0 Å². The van der Waals surface area contributed by atoms with Crippen molar-refractivity contribution in [2.24, 2.45) is 5.92 Å². The van der Waals surface area contributed by atoms with Gasteiger partial charge < -0.3 is 15.5 Å². The van der Waals surface area contributed by atoms with Crippen molar-refractivity contribution in [1.29, 1.82) is 0 Å².